The summed E-state index contributed by atoms with van der Waals surface area (Å²) in [5.41, 5.74) is 4.31. The molecule has 2 aromatic carbocycles. The summed E-state index contributed by atoms with van der Waals surface area (Å²) in [6.07, 6.45) is 3.71. The van der Waals surface area contributed by atoms with Gasteiger partial charge in [0.15, 0.2) is 6.61 Å². The molecule has 1 aromatic heterocycles. The van der Waals surface area contributed by atoms with Crippen molar-refractivity contribution in [3.63, 3.8) is 0 Å². The molecule has 3 rings (SSSR count). The Kier molecular flexibility index (Phi) is 5.37. The topological polar surface area (TPSA) is 47.4 Å². The molecule has 0 saturated heterocycles. The summed E-state index contributed by atoms with van der Waals surface area (Å²) in [4.78, 5) is 14.0. The fourth-order valence-corrected chi connectivity index (χ4v) is 2.58. The van der Waals surface area contributed by atoms with Gasteiger partial charge in [0, 0.05) is 25.4 Å². The van der Waals surface area contributed by atoms with E-state index in [1.165, 1.54) is 5.56 Å². The van der Waals surface area contributed by atoms with E-state index in [9.17, 15) is 4.79 Å². The number of hydrogen-bond donors (Lipinski definition) is 0. The van der Waals surface area contributed by atoms with Crippen LogP contribution in [0, 0.1) is 13.8 Å². The van der Waals surface area contributed by atoms with Crippen LogP contribution in [0.15, 0.2) is 60.9 Å². The number of carbonyl (C=O) groups excluding carboxylic acids is 1. The van der Waals surface area contributed by atoms with E-state index in [-0.39, 0.29) is 12.5 Å². The maximum Gasteiger partial charge on any atom is 0.260 e. The molecule has 0 radical (unpaired) electrons. The quantitative estimate of drug-likeness (QED) is 0.684. The Hall–Kier alpha value is -3.08. The summed E-state index contributed by atoms with van der Waals surface area (Å²) in [6, 6.07) is 15.7. The zero-order valence-electron chi connectivity index (χ0n) is 15.3. The number of hydrogen-bond acceptors (Lipinski definition) is 3. The maximum absolute atomic E-state index is 12.3. The van der Waals surface area contributed by atoms with Crippen molar-refractivity contribution in [1.82, 2.24) is 14.7 Å². The van der Waals surface area contributed by atoms with Crippen LogP contribution in [-0.4, -0.2) is 34.2 Å². The van der Waals surface area contributed by atoms with E-state index < -0.39 is 0 Å². The van der Waals surface area contributed by atoms with Crippen molar-refractivity contribution in [3.05, 3.63) is 77.6 Å². The third-order valence-corrected chi connectivity index (χ3v) is 4.34. The zero-order valence-corrected chi connectivity index (χ0v) is 15.3. The van der Waals surface area contributed by atoms with Crippen LogP contribution < -0.4 is 4.74 Å². The second-order valence-corrected chi connectivity index (χ2v) is 6.41. The van der Waals surface area contributed by atoms with Crippen LogP contribution in [0.2, 0.25) is 0 Å². The van der Waals surface area contributed by atoms with Crippen LogP contribution in [0.1, 0.15) is 16.7 Å². The molecule has 3 aromatic rings. The minimum Gasteiger partial charge on any atom is -0.484 e. The van der Waals surface area contributed by atoms with E-state index in [1.54, 1.807) is 22.8 Å². The first kappa shape index (κ1) is 17.7. The first-order valence-corrected chi connectivity index (χ1v) is 8.56. The molecule has 26 heavy (non-hydrogen) atoms. The van der Waals surface area contributed by atoms with Gasteiger partial charge in [-0.1, -0.05) is 24.3 Å². The summed E-state index contributed by atoms with van der Waals surface area (Å²) in [6.45, 7) is 4.59. The molecular formula is C21H23N3O2. The molecule has 0 unspecified atom stereocenters. The molecule has 5 nitrogen and oxygen atoms in total. The fraction of sp³-hybridized carbons (Fsp3) is 0.238. The number of carbonyl (C=O) groups is 1. The van der Waals surface area contributed by atoms with E-state index in [2.05, 4.69) is 5.10 Å². The lowest BCUT2D eigenvalue weighted by Crippen LogP contribution is -2.30. The Bertz CT molecular complexity index is 887. The molecule has 0 fully saturated rings. The number of amides is 1. The van der Waals surface area contributed by atoms with Crippen molar-refractivity contribution >= 4 is 5.91 Å². The highest BCUT2D eigenvalue weighted by Gasteiger charge is 2.12. The van der Waals surface area contributed by atoms with Gasteiger partial charge in [0.25, 0.3) is 5.91 Å². The number of para-hydroxylation sites is 1. The molecule has 0 spiro atoms. The molecule has 134 valence electrons. The average Bonchev–Trinajstić information content (AvgIpc) is 3.11. The van der Waals surface area contributed by atoms with Crippen LogP contribution in [0.5, 0.6) is 5.75 Å². The Morgan fingerprint density at radius 1 is 1.12 bits per heavy atom. The first-order valence-electron chi connectivity index (χ1n) is 8.56. The zero-order chi connectivity index (χ0) is 18.5. The molecular weight excluding hydrogens is 326 g/mol. The highest BCUT2D eigenvalue weighted by Crippen LogP contribution is 2.16. The van der Waals surface area contributed by atoms with Gasteiger partial charge in [-0.25, -0.2) is 4.68 Å². The van der Waals surface area contributed by atoms with Gasteiger partial charge < -0.3 is 9.64 Å². The summed E-state index contributed by atoms with van der Waals surface area (Å²) in [7, 11) is 1.77. The number of likely N-dealkylation sites (N-methyl/N-ethyl adjacent to an activating group) is 1. The monoisotopic (exact) mass is 349 g/mol. The Balaban J connectivity index is 1.56. The molecule has 0 atom stereocenters. The van der Waals surface area contributed by atoms with E-state index in [1.807, 2.05) is 68.6 Å². The summed E-state index contributed by atoms with van der Waals surface area (Å²) in [5, 5.41) is 4.36. The second kappa shape index (κ2) is 7.87. The third-order valence-electron chi connectivity index (χ3n) is 4.34. The van der Waals surface area contributed by atoms with E-state index >= 15 is 0 Å². The highest BCUT2D eigenvalue weighted by atomic mass is 16.5. The lowest BCUT2D eigenvalue weighted by atomic mass is 10.1. The van der Waals surface area contributed by atoms with Crippen molar-refractivity contribution in [2.45, 2.75) is 20.4 Å². The number of aromatic nitrogens is 2. The van der Waals surface area contributed by atoms with Crippen LogP contribution in [0.3, 0.4) is 0 Å². The van der Waals surface area contributed by atoms with Crippen molar-refractivity contribution in [3.8, 4) is 11.4 Å². The SMILES string of the molecule is Cc1ccc(OCC(=O)N(C)Cc2cnn(-c3ccccc3)c2)cc1C. The van der Waals surface area contributed by atoms with Crippen molar-refractivity contribution in [1.29, 1.82) is 0 Å². The number of aryl methyl sites for hydroxylation is 2. The van der Waals surface area contributed by atoms with Gasteiger partial charge >= 0.3 is 0 Å². The minimum atomic E-state index is -0.0734. The first-order chi connectivity index (χ1) is 12.5. The predicted octanol–water partition coefficient (Wildman–Crippen LogP) is 3.53. The number of ether oxygens (including phenoxy) is 1. The van der Waals surface area contributed by atoms with Gasteiger partial charge in [-0.15, -0.1) is 0 Å². The molecule has 5 heteroatoms. The average molecular weight is 349 g/mol. The molecule has 1 heterocycles. The Morgan fingerprint density at radius 2 is 1.88 bits per heavy atom. The second-order valence-electron chi connectivity index (χ2n) is 6.41. The number of rotatable bonds is 6. The highest BCUT2D eigenvalue weighted by molar-refractivity contribution is 5.77. The standard InChI is InChI=1S/C21H23N3O2/c1-16-9-10-20(11-17(16)2)26-15-21(25)23(3)13-18-12-22-24(14-18)19-7-5-4-6-8-19/h4-12,14H,13,15H2,1-3H3. The summed E-state index contributed by atoms with van der Waals surface area (Å²) in [5.74, 6) is 0.641. The van der Waals surface area contributed by atoms with Crippen molar-refractivity contribution < 1.29 is 9.53 Å². The molecule has 0 saturated carbocycles. The van der Waals surface area contributed by atoms with E-state index in [0.29, 0.717) is 12.3 Å². The number of nitrogens with zero attached hydrogens (tertiary/aromatic N) is 3. The lowest BCUT2D eigenvalue weighted by Gasteiger charge is -2.17. The van der Waals surface area contributed by atoms with Crippen LogP contribution in [0.4, 0.5) is 0 Å². The molecule has 0 bridgehead atoms. The van der Waals surface area contributed by atoms with Crippen molar-refractivity contribution in [2.24, 2.45) is 0 Å². The third kappa shape index (κ3) is 4.30. The van der Waals surface area contributed by atoms with Gasteiger partial charge in [0.2, 0.25) is 0 Å². The Labute approximate surface area is 153 Å². The largest absolute Gasteiger partial charge is 0.484 e. The van der Waals surface area contributed by atoms with Crippen LogP contribution >= 0.6 is 0 Å². The minimum absolute atomic E-state index is 0.0197. The van der Waals surface area contributed by atoms with Gasteiger partial charge in [0.1, 0.15) is 5.75 Å². The fourth-order valence-electron chi connectivity index (χ4n) is 2.58. The normalized spacial score (nSPS) is 10.6. The lowest BCUT2D eigenvalue weighted by molar-refractivity contribution is -0.132. The van der Waals surface area contributed by atoms with E-state index in [4.69, 9.17) is 4.74 Å². The molecule has 0 aliphatic rings. The van der Waals surface area contributed by atoms with Gasteiger partial charge in [-0.3, -0.25) is 4.79 Å². The summed E-state index contributed by atoms with van der Waals surface area (Å²) < 4.78 is 7.43. The molecule has 0 aliphatic heterocycles. The maximum atomic E-state index is 12.3. The van der Waals surface area contributed by atoms with Gasteiger partial charge in [0.05, 0.1) is 11.9 Å². The molecule has 0 aliphatic carbocycles. The van der Waals surface area contributed by atoms with Gasteiger partial charge in [-0.05, 0) is 49.2 Å². The summed E-state index contributed by atoms with van der Waals surface area (Å²) >= 11 is 0. The molecule has 1 amide bonds. The number of benzene rings is 2. The van der Waals surface area contributed by atoms with Crippen molar-refractivity contribution in [2.75, 3.05) is 13.7 Å². The smallest absolute Gasteiger partial charge is 0.260 e. The Morgan fingerprint density at radius 3 is 2.62 bits per heavy atom. The van der Waals surface area contributed by atoms with Crippen LogP contribution in [0.25, 0.3) is 5.69 Å². The predicted molar refractivity (Wildman–Crippen MR) is 101 cm³/mol. The van der Waals surface area contributed by atoms with Crippen LogP contribution in [-0.2, 0) is 11.3 Å². The molecule has 0 N–H and O–H groups in total. The van der Waals surface area contributed by atoms with Gasteiger partial charge in [-0.2, -0.15) is 5.10 Å². The van der Waals surface area contributed by atoms with E-state index in [0.717, 1.165) is 16.8 Å².